The van der Waals surface area contributed by atoms with Gasteiger partial charge < -0.3 is 15.0 Å². The van der Waals surface area contributed by atoms with Gasteiger partial charge in [-0.3, -0.25) is 9.59 Å². The molecule has 1 N–H and O–H groups in total. The molecule has 0 bridgehead atoms. The predicted octanol–water partition coefficient (Wildman–Crippen LogP) is 2.41. The lowest BCUT2D eigenvalue weighted by Gasteiger charge is -2.28. The van der Waals surface area contributed by atoms with Crippen molar-refractivity contribution in [1.82, 2.24) is 5.32 Å². The summed E-state index contributed by atoms with van der Waals surface area (Å²) in [5.41, 5.74) is -0.0136. The number of anilines is 1. The van der Waals surface area contributed by atoms with Crippen molar-refractivity contribution >= 4 is 23.5 Å². The minimum atomic E-state index is -1.04. The first kappa shape index (κ1) is 20.4. The van der Waals surface area contributed by atoms with Gasteiger partial charge >= 0.3 is 5.97 Å². The molecule has 0 spiro atoms. The van der Waals surface area contributed by atoms with Crippen LogP contribution >= 0.6 is 0 Å². The highest BCUT2D eigenvalue weighted by atomic mass is 16.5. The van der Waals surface area contributed by atoms with Gasteiger partial charge in [-0.2, -0.15) is 5.26 Å². The van der Waals surface area contributed by atoms with Crippen LogP contribution in [0, 0.1) is 17.2 Å². The molecule has 7 heteroatoms. The maximum absolute atomic E-state index is 12.3. The second-order valence-corrected chi connectivity index (χ2v) is 7.20. The van der Waals surface area contributed by atoms with E-state index in [1.165, 1.54) is 6.92 Å². The third-order valence-electron chi connectivity index (χ3n) is 4.91. The standard InChI is InChI=1S/C20H25N3O4/c1-13(2)20(4,12-21)22-18(25)14(3)27-19(26)15-7-9-16(10-8-15)23-11-5-6-17(23)24/h7-10,13-14H,5-6,11H2,1-4H3,(H,22,25). The summed E-state index contributed by atoms with van der Waals surface area (Å²) in [4.78, 5) is 38.0. The summed E-state index contributed by atoms with van der Waals surface area (Å²) in [6.07, 6.45) is 0.325. The summed E-state index contributed by atoms with van der Waals surface area (Å²) < 4.78 is 5.21. The quantitative estimate of drug-likeness (QED) is 0.774. The number of rotatable bonds is 6. The van der Waals surface area contributed by atoms with Crippen molar-refractivity contribution in [3.63, 3.8) is 0 Å². The van der Waals surface area contributed by atoms with Crippen molar-refractivity contribution < 1.29 is 19.1 Å². The molecule has 2 amide bonds. The Balaban J connectivity index is 1.99. The highest BCUT2D eigenvalue weighted by Gasteiger charge is 2.32. The van der Waals surface area contributed by atoms with Crippen molar-refractivity contribution in [3.05, 3.63) is 29.8 Å². The predicted molar refractivity (Wildman–Crippen MR) is 99.9 cm³/mol. The first-order valence-corrected chi connectivity index (χ1v) is 9.02. The Bertz CT molecular complexity index is 766. The van der Waals surface area contributed by atoms with Crippen LogP contribution in [0.4, 0.5) is 5.69 Å². The topological polar surface area (TPSA) is 99.5 Å². The Labute approximate surface area is 159 Å². The minimum Gasteiger partial charge on any atom is -0.449 e. The van der Waals surface area contributed by atoms with Crippen LogP contribution in [0.3, 0.4) is 0 Å². The SMILES string of the molecule is CC(OC(=O)c1ccc(N2CCCC2=O)cc1)C(=O)NC(C)(C#N)C(C)C. The lowest BCUT2D eigenvalue weighted by molar-refractivity contribution is -0.130. The maximum Gasteiger partial charge on any atom is 0.338 e. The second-order valence-electron chi connectivity index (χ2n) is 7.20. The molecular weight excluding hydrogens is 346 g/mol. The maximum atomic E-state index is 12.3. The van der Waals surface area contributed by atoms with Gasteiger partial charge in [-0.15, -0.1) is 0 Å². The number of ether oxygens (including phenoxy) is 1. The van der Waals surface area contributed by atoms with Gasteiger partial charge in [0, 0.05) is 18.7 Å². The van der Waals surface area contributed by atoms with Gasteiger partial charge in [0.1, 0.15) is 5.54 Å². The third kappa shape index (κ3) is 4.64. The average molecular weight is 371 g/mol. The Kier molecular flexibility index (Phi) is 6.21. The van der Waals surface area contributed by atoms with Gasteiger partial charge in [-0.25, -0.2) is 4.79 Å². The van der Waals surface area contributed by atoms with Crippen LogP contribution in [-0.4, -0.2) is 36.0 Å². The van der Waals surface area contributed by atoms with Crippen LogP contribution in [0.15, 0.2) is 24.3 Å². The Morgan fingerprint density at radius 3 is 2.37 bits per heavy atom. The van der Waals surface area contributed by atoms with Gasteiger partial charge in [0.2, 0.25) is 5.91 Å². The molecule has 2 rings (SSSR count). The van der Waals surface area contributed by atoms with Crippen molar-refractivity contribution in [1.29, 1.82) is 5.26 Å². The zero-order valence-electron chi connectivity index (χ0n) is 16.1. The van der Waals surface area contributed by atoms with Crippen LogP contribution in [0.5, 0.6) is 0 Å². The minimum absolute atomic E-state index is 0.0707. The van der Waals surface area contributed by atoms with Crippen LogP contribution < -0.4 is 10.2 Å². The number of nitrogens with zero attached hydrogens (tertiary/aromatic N) is 2. The van der Waals surface area contributed by atoms with Gasteiger partial charge in [0.05, 0.1) is 11.6 Å². The zero-order chi connectivity index (χ0) is 20.2. The molecule has 1 saturated heterocycles. The van der Waals surface area contributed by atoms with E-state index in [1.54, 1.807) is 36.1 Å². The number of hydrogen-bond donors (Lipinski definition) is 1. The fourth-order valence-corrected chi connectivity index (χ4v) is 2.64. The third-order valence-corrected chi connectivity index (χ3v) is 4.91. The van der Waals surface area contributed by atoms with Gasteiger partial charge in [-0.1, -0.05) is 13.8 Å². The number of carbonyl (C=O) groups excluding carboxylic acids is 3. The number of carbonyl (C=O) groups is 3. The van der Waals surface area contributed by atoms with Crippen LogP contribution in [-0.2, 0) is 14.3 Å². The smallest absolute Gasteiger partial charge is 0.338 e. The van der Waals surface area contributed by atoms with E-state index in [1.807, 2.05) is 13.8 Å². The van der Waals surface area contributed by atoms with E-state index >= 15 is 0 Å². The first-order valence-electron chi connectivity index (χ1n) is 9.02. The lowest BCUT2D eigenvalue weighted by atomic mass is 9.90. The van der Waals surface area contributed by atoms with E-state index in [-0.39, 0.29) is 17.4 Å². The number of hydrogen-bond acceptors (Lipinski definition) is 5. The fraction of sp³-hybridized carbons (Fsp3) is 0.500. The van der Waals surface area contributed by atoms with E-state index < -0.39 is 23.5 Å². The van der Waals surface area contributed by atoms with E-state index in [0.29, 0.717) is 13.0 Å². The van der Waals surface area contributed by atoms with Crippen molar-refractivity contribution in [2.24, 2.45) is 5.92 Å². The number of nitriles is 1. The van der Waals surface area contributed by atoms with Gasteiger partial charge in [0.15, 0.2) is 6.10 Å². The summed E-state index contributed by atoms with van der Waals surface area (Å²) in [7, 11) is 0. The largest absolute Gasteiger partial charge is 0.449 e. The van der Waals surface area contributed by atoms with E-state index in [0.717, 1.165) is 12.1 Å². The number of esters is 1. The summed E-state index contributed by atoms with van der Waals surface area (Å²) >= 11 is 0. The van der Waals surface area contributed by atoms with E-state index in [2.05, 4.69) is 11.4 Å². The molecule has 0 aliphatic carbocycles. The molecule has 0 aromatic heterocycles. The Hall–Kier alpha value is -2.88. The molecular formula is C20H25N3O4. The number of nitrogens with one attached hydrogen (secondary N) is 1. The molecule has 0 saturated carbocycles. The molecule has 2 atom stereocenters. The van der Waals surface area contributed by atoms with E-state index in [4.69, 9.17) is 4.74 Å². The summed E-state index contributed by atoms with van der Waals surface area (Å²) in [5.74, 6) is -1.20. The van der Waals surface area contributed by atoms with Gasteiger partial charge in [-0.05, 0) is 50.5 Å². The van der Waals surface area contributed by atoms with E-state index in [9.17, 15) is 19.6 Å². The average Bonchev–Trinajstić information content (AvgIpc) is 3.07. The summed E-state index contributed by atoms with van der Waals surface area (Å²) in [6, 6.07) is 8.60. The molecule has 27 heavy (non-hydrogen) atoms. The van der Waals surface area contributed by atoms with Crippen LogP contribution in [0.1, 0.15) is 50.9 Å². The highest BCUT2D eigenvalue weighted by molar-refractivity contribution is 5.96. The molecule has 1 aromatic rings. The first-order chi connectivity index (χ1) is 12.7. The molecule has 1 aromatic carbocycles. The van der Waals surface area contributed by atoms with Crippen LogP contribution in [0.25, 0.3) is 0 Å². The van der Waals surface area contributed by atoms with Gasteiger partial charge in [0.25, 0.3) is 5.91 Å². The molecule has 0 radical (unpaired) electrons. The van der Waals surface area contributed by atoms with Crippen molar-refractivity contribution in [2.45, 2.75) is 52.2 Å². The number of benzene rings is 1. The monoisotopic (exact) mass is 371 g/mol. The molecule has 1 aliphatic rings. The van der Waals surface area contributed by atoms with Crippen molar-refractivity contribution in [3.8, 4) is 6.07 Å². The van der Waals surface area contributed by atoms with Crippen molar-refractivity contribution in [2.75, 3.05) is 11.4 Å². The Morgan fingerprint density at radius 1 is 1.26 bits per heavy atom. The fourth-order valence-electron chi connectivity index (χ4n) is 2.64. The normalized spacial score (nSPS) is 17.2. The van der Waals surface area contributed by atoms with Crippen LogP contribution in [0.2, 0.25) is 0 Å². The molecule has 1 aliphatic heterocycles. The summed E-state index contributed by atoms with van der Waals surface area (Å²) in [6.45, 7) is 7.41. The Morgan fingerprint density at radius 2 is 1.89 bits per heavy atom. The summed E-state index contributed by atoms with van der Waals surface area (Å²) in [5, 5.41) is 11.9. The zero-order valence-corrected chi connectivity index (χ0v) is 16.1. The lowest BCUT2D eigenvalue weighted by Crippen LogP contribution is -2.52. The molecule has 1 fully saturated rings. The molecule has 2 unspecified atom stereocenters. The second kappa shape index (κ2) is 8.21. The molecule has 1 heterocycles. The number of amides is 2. The molecule has 144 valence electrons. The molecule has 7 nitrogen and oxygen atoms in total. The highest BCUT2D eigenvalue weighted by Crippen LogP contribution is 2.22.